The van der Waals surface area contributed by atoms with Crippen LogP contribution in [0.15, 0.2) is 22.7 Å². The molecule has 4 rings (SSSR count). The Morgan fingerprint density at radius 2 is 2.19 bits per heavy atom. The Hall–Kier alpha value is -1.87. The number of hydrogen-bond acceptors (Lipinski definition) is 6. The summed E-state index contributed by atoms with van der Waals surface area (Å²) in [6.07, 6.45) is 3.11. The van der Waals surface area contributed by atoms with Crippen LogP contribution in [0, 0.1) is 11.6 Å². The fraction of sp³-hybridized carbons (Fsp3) is 0.167. The number of hydrogen-bond donors (Lipinski definition) is 1. The van der Waals surface area contributed by atoms with E-state index in [1.54, 1.807) is 22.5 Å². The lowest BCUT2D eigenvalue weighted by atomic mass is 10.3. The van der Waals surface area contributed by atoms with Crippen LogP contribution in [0.4, 0.5) is 14.5 Å². The number of halogens is 2. The van der Waals surface area contributed by atoms with Crippen LogP contribution in [0.5, 0.6) is 5.75 Å². The third-order valence-corrected chi connectivity index (χ3v) is 4.94. The van der Waals surface area contributed by atoms with Crippen molar-refractivity contribution >= 4 is 33.7 Å². The van der Waals surface area contributed by atoms with E-state index in [1.807, 2.05) is 6.26 Å². The molecule has 108 valence electrons. The molecule has 1 aliphatic heterocycles. The van der Waals surface area contributed by atoms with Gasteiger partial charge in [-0.3, -0.25) is 0 Å². The number of imidazole rings is 1. The topological polar surface area (TPSA) is 51.5 Å². The molecule has 0 radical (unpaired) electrons. The van der Waals surface area contributed by atoms with E-state index in [0.717, 1.165) is 21.4 Å². The lowest BCUT2D eigenvalue weighted by Crippen LogP contribution is -2.10. The molecular formula is C12H8F2N4OS2. The summed E-state index contributed by atoms with van der Waals surface area (Å²) < 4.78 is 34.5. The number of nitrogens with zero attached hydrogens (tertiary/aromatic N) is 3. The van der Waals surface area contributed by atoms with E-state index in [4.69, 9.17) is 4.74 Å². The number of anilines is 1. The molecule has 21 heavy (non-hydrogen) atoms. The molecule has 0 spiro atoms. The van der Waals surface area contributed by atoms with Crippen molar-refractivity contribution in [2.24, 2.45) is 0 Å². The highest BCUT2D eigenvalue weighted by Gasteiger charge is 2.28. The Labute approximate surface area is 125 Å². The van der Waals surface area contributed by atoms with Gasteiger partial charge in [0.05, 0.1) is 11.9 Å². The van der Waals surface area contributed by atoms with E-state index >= 15 is 0 Å². The molecule has 0 aliphatic carbocycles. The normalized spacial score (nSPS) is 16.8. The first-order valence-corrected chi connectivity index (χ1v) is 8.00. The third-order valence-electron chi connectivity index (χ3n) is 3.04. The summed E-state index contributed by atoms with van der Waals surface area (Å²) in [6.45, 7) is 0. The van der Waals surface area contributed by atoms with Gasteiger partial charge in [0.1, 0.15) is 11.4 Å². The van der Waals surface area contributed by atoms with Gasteiger partial charge in [-0.05, 0) is 6.26 Å². The lowest BCUT2D eigenvalue weighted by Gasteiger charge is -2.06. The molecule has 1 atom stereocenters. The Bertz CT molecular complexity index is 785. The van der Waals surface area contributed by atoms with Gasteiger partial charge in [0.15, 0.2) is 16.0 Å². The van der Waals surface area contributed by atoms with Gasteiger partial charge in [-0.2, -0.15) is 0 Å². The molecule has 1 aliphatic rings. The molecule has 0 saturated heterocycles. The van der Waals surface area contributed by atoms with Crippen LogP contribution in [0.3, 0.4) is 0 Å². The van der Waals surface area contributed by atoms with Crippen molar-refractivity contribution in [3.8, 4) is 5.75 Å². The largest absolute Gasteiger partial charge is 0.462 e. The Kier molecular flexibility index (Phi) is 2.79. The maximum atomic E-state index is 13.2. The summed E-state index contributed by atoms with van der Waals surface area (Å²) in [6, 6.07) is 2.10. The maximum Gasteiger partial charge on any atom is 0.215 e. The first-order chi connectivity index (χ1) is 10.1. The van der Waals surface area contributed by atoms with Crippen LogP contribution in [0.1, 0.15) is 11.9 Å². The van der Waals surface area contributed by atoms with Gasteiger partial charge in [-0.1, -0.05) is 23.1 Å². The second kappa shape index (κ2) is 4.57. The smallest absolute Gasteiger partial charge is 0.215 e. The molecule has 0 bridgehead atoms. The average Bonchev–Trinajstić information content (AvgIpc) is 3.10. The van der Waals surface area contributed by atoms with Crippen LogP contribution < -0.4 is 10.1 Å². The molecule has 3 aromatic rings. The molecule has 0 saturated carbocycles. The van der Waals surface area contributed by atoms with Crippen LogP contribution >= 0.6 is 23.1 Å². The summed E-state index contributed by atoms with van der Waals surface area (Å²) in [5, 5.41) is 7.30. The average molecular weight is 326 g/mol. The monoisotopic (exact) mass is 326 g/mol. The summed E-state index contributed by atoms with van der Waals surface area (Å²) in [5.74, 6) is -1.58. The fourth-order valence-electron chi connectivity index (χ4n) is 2.08. The zero-order chi connectivity index (χ0) is 14.6. The molecule has 1 N–H and O–H groups in total. The second-order valence-electron chi connectivity index (χ2n) is 4.37. The van der Waals surface area contributed by atoms with E-state index < -0.39 is 17.9 Å². The first-order valence-electron chi connectivity index (χ1n) is 5.96. The number of nitrogens with one attached hydrogen (secondary N) is 1. The van der Waals surface area contributed by atoms with Crippen molar-refractivity contribution in [3.05, 3.63) is 35.7 Å². The number of ether oxygens (including phenoxy) is 1. The highest BCUT2D eigenvalue weighted by Crippen LogP contribution is 2.39. The minimum Gasteiger partial charge on any atom is -0.462 e. The fourth-order valence-corrected chi connectivity index (χ4v) is 3.43. The molecule has 0 amide bonds. The van der Waals surface area contributed by atoms with Gasteiger partial charge in [0.2, 0.25) is 11.2 Å². The van der Waals surface area contributed by atoms with Gasteiger partial charge in [0.25, 0.3) is 0 Å². The van der Waals surface area contributed by atoms with Crippen molar-refractivity contribution in [1.29, 1.82) is 0 Å². The zero-order valence-electron chi connectivity index (χ0n) is 10.6. The molecule has 1 aromatic carbocycles. The molecule has 0 fully saturated rings. The van der Waals surface area contributed by atoms with Gasteiger partial charge < -0.3 is 10.1 Å². The molecule has 2 aromatic heterocycles. The number of benzene rings is 1. The minimum absolute atomic E-state index is 0.271. The Morgan fingerprint density at radius 1 is 1.38 bits per heavy atom. The zero-order valence-corrected chi connectivity index (χ0v) is 12.3. The van der Waals surface area contributed by atoms with Crippen molar-refractivity contribution in [2.45, 2.75) is 10.6 Å². The molecule has 3 heterocycles. The van der Waals surface area contributed by atoms with Gasteiger partial charge >= 0.3 is 0 Å². The first kappa shape index (κ1) is 12.8. The second-order valence-corrected chi connectivity index (χ2v) is 6.38. The van der Waals surface area contributed by atoms with E-state index in [2.05, 4.69) is 15.4 Å². The van der Waals surface area contributed by atoms with Crippen LogP contribution in [0.2, 0.25) is 0 Å². The summed E-state index contributed by atoms with van der Waals surface area (Å²) >= 11 is 3.01. The van der Waals surface area contributed by atoms with Crippen LogP contribution in [-0.4, -0.2) is 20.9 Å². The summed E-state index contributed by atoms with van der Waals surface area (Å²) in [5.41, 5.74) is 1.02. The van der Waals surface area contributed by atoms with Crippen molar-refractivity contribution in [3.63, 3.8) is 0 Å². The molecular weight excluding hydrogens is 318 g/mol. The molecule has 1 unspecified atom stereocenters. The predicted octanol–water partition coefficient (Wildman–Crippen LogP) is 3.29. The molecule has 5 nitrogen and oxygen atoms in total. The lowest BCUT2D eigenvalue weighted by molar-refractivity contribution is 0.254. The predicted molar refractivity (Wildman–Crippen MR) is 76.0 cm³/mol. The number of fused-ring (bicyclic) bond motifs is 2. The minimum atomic E-state index is -0.937. The van der Waals surface area contributed by atoms with E-state index in [9.17, 15) is 8.78 Å². The van der Waals surface area contributed by atoms with Crippen molar-refractivity contribution in [2.75, 3.05) is 11.6 Å². The maximum absolute atomic E-state index is 13.2. The highest BCUT2D eigenvalue weighted by atomic mass is 32.2. The Morgan fingerprint density at radius 3 is 2.95 bits per heavy atom. The van der Waals surface area contributed by atoms with Gasteiger partial charge in [-0.15, -0.1) is 5.10 Å². The van der Waals surface area contributed by atoms with Crippen molar-refractivity contribution < 1.29 is 13.5 Å². The van der Waals surface area contributed by atoms with Gasteiger partial charge in [-0.25, -0.2) is 18.3 Å². The number of thioether (sulfide) groups is 1. The van der Waals surface area contributed by atoms with E-state index in [-0.39, 0.29) is 5.75 Å². The van der Waals surface area contributed by atoms with Gasteiger partial charge in [0, 0.05) is 12.1 Å². The number of aromatic nitrogens is 3. The van der Waals surface area contributed by atoms with Crippen LogP contribution in [0.25, 0.3) is 4.96 Å². The van der Waals surface area contributed by atoms with Crippen LogP contribution in [-0.2, 0) is 0 Å². The van der Waals surface area contributed by atoms with E-state index in [0.29, 0.717) is 11.4 Å². The SMILES string of the molecule is CSc1nn2cc(C3Nc4cc(F)c(F)cc4O3)nc2s1. The number of rotatable bonds is 2. The Balaban J connectivity index is 1.66. The highest BCUT2D eigenvalue weighted by molar-refractivity contribution is 8.00. The standard InChI is InChI=1S/C12H8F2N4OS2/c1-20-12-17-18-4-8(16-11(18)21-12)10-15-7-2-5(13)6(14)3-9(7)19-10/h2-4,10,15H,1H3. The summed E-state index contributed by atoms with van der Waals surface area (Å²) in [7, 11) is 0. The van der Waals surface area contributed by atoms with Crippen molar-refractivity contribution in [1.82, 2.24) is 14.6 Å². The molecule has 9 heteroatoms. The third kappa shape index (κ3) is 2.04. The van der Waals surface area contributed by atoms with E-state index in [1.165, 1.54) is 11.3 Å². The summed E-state index contributed by atoms with van der Waals surface area (Å²) in [4.78, 5) is 5.17. The quantitative estimate of drug-likeness (QED) is 0.732.